The normalized spacial score (nSPS) is 16.8. The van der Waals surface area contributed by atoms with Gasteiger partial charge >= 0.3 is 0 Å². The monoisotopic (exact) mass is 338 g/mol. The van der Waals surface area contributed by atoms with Gasteiger partial charge in [0.15, 0.2) is 0 Å². The van der Waals surface area contributed by atoms with Gasteiger partial charge in [0.25, 0.3) is 0 Å². The molecular formula is C17H27BrN2. The van der Waals surface area contributed by atoms with Crippen molar-refractivity contribution >= 4 is 15.9 Å². The molecule has 0 heterocycles. The van der Waals surface area contributed by atoms with E-state index >= 15 is 0 Å². The first-order valence-corrected chi connectivity index (χ1v) is 8.70. The predicted molar refractivity (Wildman–Crippen MR) is 90.0 cm³/mol. The average Bonchev–Trinajstić information content (AvgIpc) is 2.45. The second-order valence-corrected chi connectivity index (χ2v) is 6.93. The first-order valence-electron chi connectivity index (χ1n) is 7.90. The van der Waals surface area contributed by atoms with Gasteiger partial charge < -0.3 is 10.2 Å². The molecule has 0 bridgehead atoms. The molecule has 3 heteroatoms. The molecule has 1 aliphatic carbocycles. The molecule has 0 saturated heterocycles. The molecule has 1 saturated carbocycles. The van der Waals surface area contributed by atoms with Crippen molar-refractivity contribution in [3.8, 4) is 0 Å². The van der Waals surface area contributed by atoms with E-state index in [9.17, 15) is 0 Å². The Morgan fingerprint density at radius 3 is 2.80 bits per heavy atom. The number of nitrogens with one attached hydrogen (secondary N) is 1. The fraction of sp³-hybridized carbons (Fsp3) is 0.647. The van der Waals surface area contributed by atoms with Gasteiger partial charge in [-0.2, -0.15) is 0 Å². The Kier molecular flexibility index (Phi) is 7.05. The van der Waals surface area contributed by atoms with E-state index in [1.54, 1.807) is 0 Å². The highest BCUT2D eigenvalue weighted by atomic mass is 79.9. The van der Waals surface area contributed by atoms with Gasteiger partial charge in [-0.05, 0) is 57.1 Å². The second-order valence-electron chi connectivity index (χ2n) is 6.01. The van der Waals surface area contributed by atoms with E-state index in [1.807, 2.05) is 0 Å². The standard InChI is InChI=1S/C17H27BrN2/c1-20(14-15-7-5-8-16(18)13-15)12-6-11-19-17-9-3-2-4-10-17/h5,7-8,13,17,19H,2-4,6,9-12,14H2,1H3. The van der Waals surface area contributed by atoms with Crippen LogP contribution in [0.5, 0.6) is 0 Å². The van der Waals surface area contributed by atoms with Crippen LogP contribution < -0.4 is 5.32 Å². The quantitative estimate of drug-likeness (QED) is 0.749. The van der Waals surface area contributed by atoms with Gasteiger partial charge in [0, 0.05) is 17.1 Å². The number of hydrogen-bond donors (Lipinski definition) is 1. The van der Waals surface area contributed by atoms with Crippen LogP contribution in [0, 0.1) is 0 Å². The van der Waals surface area contributed by atoms with Crippen molar-refractivity contribution in [2.75, 3.05) is 20.1 Å². The smallest absolute Gasteiger partial charge is 0.0231 e. The first-order chi connectivity index (χ1) is 9.74. The maximum absolute atomic E-state index is 3.72. The van der Waals surface area contributed by atoms with Gasteiger partial charge in [0.1, 0.15) is 0 Å². The third-order valence-electron chi connectivity index (χ3n) is 4.10. The highest BCUT2D eigenvalue weighted by Crippen LogP contribution is 2.17. The lowest BCUT2D eigenvalue weighted by Crippen LogP contribution is -2.33. The molecule has 20 heavy (non-hydrogen) atoms. The molecule has 0 spiro atoms. The Bertz CT molecular complexity index is 388. The maximum Gasteiger partial charge on any atom is 0.0231 e. The number of hydrogen-bond acceptors (Lipinski definition) is 2. The summed E-state index contributed by atoms with van der Waals surface area (Å²) in [5.74, 6) is 0. The molecule has 0 radical (unpaired) electrons. The molecule has 1 aromatic carbocycles. The van der Waals surface area contributed by atoms with Crippen molar-refractivity contribution in [3.63, 3.8) is 0 Å². The van der Waals surface area contributed by atoms with Crippen molar-refractivity contribution in [1.29, 1.82) is 0 Å². The van der Waals surface area contributed by atoms with Crippen LogP contribution in [0.2, 0.25) is 0 Å². The lowest BCUT2D eigenvalue weighted by molar-refractivity contribution is 0.308. The van der Waals surface area contributed by atoms with Gasteiger partial charge in [-0.1, -0.05) is 47.3 Å². The zero-order valence-electron chi connectivity index (χ0n) is 12.6. The zero-order valence-corrected chi connectivity index (χ0v) is 14.2. The molecule has 1 aromatic rings. The summed E-state index contributed by atoms with van der Waals surface area (Å²) >= 11 is 3.53. The minimum atomic E-state index is 0.791. The number of rotatable bonds is 7. The van der Waals surface area contributed by atoms with Gasteiger partial charge in [-0.15, -0.1) is 0 Å². The fourth-order valence-electron chi connectivity index (χ4n) is 2.99. The third-order valence-corrected chi connectivity index (χ3v) is 4.59. The van der Waals surface area contributed by atoms with Crippen molar-refractivity contribution in [2.45, 2.75) is 51.1 Å². The highest BCUT2D eigenvalue weighted by Gasteiger charge is 2.11. The molecular weight excluding hydrogens is 312 g/mol. The van der Waals surface area contributed by atoms with Crippen LogP contribution in [-0.2, 0) is 6.54 Å². The molecule has 112 valence electrons. The van der Waals surface area contributed by atoms with Crippen molar-refractivity contribution in [3.05, 3.63) is 34.3 Å². The summed E-state index contributed by atoms with van der Waals surface area (Å²) in [6, 6.07) is 9.38. The highest BCUT2D eigenvalue weighted by molar-refractivity contribution is 9.10. The first kappa shape index (κ1) is 16.0. The van der Waals surface area contributed by atoms with Crippen molar-refractivity contribution in [1.82, 2.24) is 10.2 Å². The van der Waals surface area contributed by atoms with Crippen LogP contribution in [0.25, 0.3) is 0 Å². The Morgan fingerprint density at radius 1 is 1.25 bits per heavy atom. The summed E-state index contributed by atoms with van der Waals surface area (Å²) in [6.07, 6.45) is 8.28. The summed E-state index contributed by atoms with van der Waals surface area (Å²) in [6.45, 7) is 3.35. The van der Waals surface area contributed by atoms with E-state index in [0.717, 1.165) is 25.7 Å². The van der Waals surface area contributed by atoms with Crippen molar-refractivity contribution in [2.24, 2.45) is 0 Å². The predicted octanol–water partition coefficient (Wildman–Crippen LogP) is 4.19. The summed E-state index contributed by atoms with van der Waals surface area (Å²) in [4.78, 5) is 2.41. The summed E-state index contributed by atoms with van der Waals surface area (Å²) in [5.41, 5.74) is 1.38. The van der Waals surface area contributed by atoms with Crippen LogP contribution in [0.3, 0.4) is 0 Å². The van der Waals surface area contributed by atoms with Crippen LogP contribution in [-0.4, -0.2) is 31.1 Å². The molecule has 2 rings (SSSR count). The average molecular weight is 339 g/mol. The Hall–Kier alpha value is -0.380. The largest absolute Gasteiger partial charge is 0.314 e. The van der Waals surface area contributed by atoms with E-state index in [4.69, 9.17) is 0 Å². The van der Waals surface area contributed by atoms with E-state index in [0.29, 0.717) is 0 Å². The number of nitrogens with zero attached hydrogens (tertiary/aromatic N) is 1. The minimum Gasteiger partial charge on any atom is -0.314 e. The Balaban J connectivity index is 1.59. The molecule has 2 nitrogen and oxygen atoms in total. The molecule has 1 N–H and O–H groups in total. The number of benzene rings is 1. The molecule has 1 aliphatic rings. The SMILES string of the molecule is CN(CCCNC1CCCCC1)Cc1cccc(Br)c1. The van der Waals surface area contributed by atoms with E-state index in [2.05, 4.69) is 57.5 Å². The summed E-state index contributed by atoms with van der Waals surface area (Å²) in [7, 11) is 2.21. The van der Waals surface area contributed by atoms with Crippen LogP contribution >= 0.6 is 15.9 Å². The molecule has 0 aromatic heterocycles. The van der Waals surface area contributed by atoms with Crippen molar-refractivity contribution < 1.29 is 0 Å². The third kappa shape index (κ3) is 5.94. The number of halogens is 1. The maximum atomic E-state index is 3.72. The van der Waals surface area contributed by atoms with E-state index in [-0.39, 0.29) is 0 Å². The summed E-state index contributed by atoms with van der Waals surface area (Å²) in [5, 5.41) is 3.72. The van der Waals surface area contributed by atoms with E-state index in [1.165, 1.54) is 48.6 Å². The minimum absolute atomic E-state index is 0.791. The fourth-order valence-corrected chi connectivity index (χ4v) is 3.43. The molecule has 0 aliphatic heterocycles. The lowest BCUT2D eigenvalue weighted by atomic mass is 9.95. The van der Waals surface area contributed by atoms with Gasteiger partial charge in [0.2, 0.25) is 0 Å². The summed E-state index contributed by atoms with van der Waals surface area (Å²) < 4.78 is 1.17. The second kappa shape index (κ2) is 8.81. The topological polar surface area (TPSA) is 15.3 Å². The van der Waals surface area contributed by atoms with Crippen LogP contribution in [0.1, 0.15) is 44.1 Å². The van der Waals surface area contributed by atoms with Gasteiger partial charge in [0.05, 0.1) is 0 Å². The van der Waals surface area contributed by atoms with Gasteiger partial charge in [-0.25, -0.2) is 0 Å². The zero-order chi connectivity index (χ0) is 14.2. The van der Waals surface area contributed by atoms with Gasteiger partial charge in [-0.3, -0.25) is 0 Å². The van der Waals surface area contributed by atoms with Crippen LogP contribution in [0.15, 0.2) is 28.7 Å². The lowest BCUT2D eigenvalue weighted by Gasteiger charge is -2.23. The van der Waals surface area contributed by atoms with Crippen LogP contribution in [0.4, 0.5) is 0 Å². The Labute approximate surface area is 132 Å². The van der Waals surface area contributed by atoms with E-state index < -0.39 is 0 Å². The molecule has 0 unspecified atom stereocenters. The molecule has 1 fully saturated rings. The molecule has 0 amide bonds. The molecule has 0 atom stereocenters. The Morgan fingerprint density at radius 2 is 2.05 bits per heavy atom.